The number of likely N-dealkylation sites (N-methyl/N-ethyl adjacent to an activating group) is 1. The number of amides is 2. The van der Waals surface area contributed by atoms with Crippen molar-refractivity contribution in [2.45, 2.75) is 13.5 Å². The quantitative estimate of drug-likeness (QED) is 0.744. The molecule has 0 atom stereocenters. The first-order chi connectivity index (χ1) is 12.5. The Morgan fingerprint density at radius 3 is 2.46 bits per heavy atom. The van der Waals surface area contributed by atoms with Crippen molar-refractivity contribution in [2.75, 3.05) is 19.7 Å². The molecule has 0 aliphatic carbocycles. The molecule has 0 aliphatic heterocycles. The highest BCUT2D eigenvalue weighted by Crippen LogP contribution is 2.26. The van der Waals surface area contributed by atoms with E-state index in [9.17, 15) is 9.59 Å². The molecular weight excluding hydrogens is 375 g/mol. The van der Waals surface area contributed by atoms with Crippen LogP contribution in [0.15, 0.2) is 48.5 Å². The van der Waals surface area contributed by atoms with Gasteiger partial charge in [0.25, 0.3) is 5.91 Å². The van der Waals surface area contributed by atoms with E-state index in [2.05, 4.69) is 5.32 Å². The molecule has 26 heavy (non-hydrogen) atoms. The highest BCUT2D eigenvalue weighted by atomic mass is 35.5. The average Bonchev–Trinajstić information content (AvgIpc) is 2.66. The molecule has 0 spiro atoms. The normalized spacial score (nSPS) is 10.3. The van der Waals surface area contributed by atoms with Crippen LogP contribution < -0.4 is 10.1 Å². The molecule has 0 heterocycles. The molecular formula is C19H20Cl2N2O3. The summed E-state index contributed by atoms with van der Waals surface area (Å²) in [4.78, 5) is 25.8. The molecule has 5 nitrogen and oxygen atoms in total. The van der Waals surface area contributed by atoms with Gasteiger partial charge < -0.3 is 15.0 Å². The lowest BCUT2D eigenvalue weighted by Crippen LogP contribution is -2.41. The molecule has 138 valence electrons. The molecule has 0 fully saturated rings. The topological polar surface area (TPSA) is 58.6 Å². The van der Waals surface area contributed by atoms with Crippen molar-refractivity contribution in [3.8, 4) is 5.75 Å². The van der Waals surface area contributed by atoms with E-state index in [-0.39, 0.29) is 25.0 Å². The zero-order valence-electron chi connectivity index (χ0n) is 14.4. The van der Waals surface area contributed by atoms with Gasteiger partial charge in [0.2, 0.25) is 5.91 Å². The summed E-state index contributed by atoms with van der Waals surface area (Å²) in [6, 6.07) is 14.4. The van der Waals surface area contributed by atoms with Crippen molar-refractivity contribution in [3.05, 3.63) is 64.1 Å². The van der Waals surface area contributed by atoms with Crippen LogP contribution in [-0.2, 0) is 16.1 Å². The fraction of sp³-hybridized carbons (Fsp3) is 0.263. The van der Waals surface area contributed by atoms with Crippen molar-refractivity contribution < 1.29 is 14.3 Å². The van der Waals surface area contributed by atoms with E-state index in [1.807, 2.05) is 37.3 Å². The van der Waals surface area contributed by atoms with Crippen LogP contribution in [-0.4, -0.2) is 36.4 Å². The summed E-state index contributed by atoms with van der Waals surface area (Å²) < 4.78 is 5.34. The summed E-state index contributed by atoms with van der Waals surface area (Å²) in [7, 11) is 0. The van der Waals surface area contributed by atoms with Crippen LogP contribution in [0.1, 0.15) is 12.5 Å². The first kappa shape index (κ1) is 20.1. The second-order valence-corrected chi connectivity index (χ2v) is 6.35. The van der Waals surface area contributed by atoms with Crippen LogP contribution in [0.4, 0.5) is 0 Å². The molecule has 2 amide bonds. The Hall–Kier alpha value is -2.24. The Bertz CT molecular complexity index is 754. The monoisotopic (exact) mass is 394 g/mol. The predicted molar refractivity (Wildman–Crippen MR) is 102 cm³/mol. The maximum absolute atomic E-state index is 12.3. The minimum atomic E-state index is -0.389. The lowest BCUT2D eigenvalue weighted by Gasteiger charge is -2.21. The molecule has 0 saturated carbocycles. The van der Waals surface area contributed by atoms with Crippen LogP contribution in [0.3, 0.4) is 0 Å². The van der Waals surface area contributed by atoms with E-state index in [0.29, 0.717) is 28.9 Å². The number of halogens is 2. The Balaban J connectivity index is 1.77. The second-order valence-electron chi connectivity index (χ2n) is 5.53. The number of benzene rings is 2. The second kappa shape index (κ2) is 10.0. The van der Waals surface area contributed by atoms with Crippen LogP contribution in [0.2, 0.25) is 10.0 Å². The maximum Gasteiger partial charge on any atom is 0.258 e. The fourth-order valence-corrected chi connectivity index (χ4v) is 2.52. The average molecular weight is 395 g/mol. The molecule has 2 rings (SSSR count). The van der Waals surface area contributed by atoms with Gasteiger partial charge >= 0.3 is 0 Å². The number of nitrogens with zero attached hydrogens (tertiary/aromatic N) is 1. The molecule has 0 aliphatic rings. The lowest BCUT2D eigenvalue weighted by atomic mass is 10.2. The first-order valence-corrected chi connectivity index (χ1v) is 8.91. The molecule has 1 N–H and O–H groups in total. The van der Waals surface area contributed by atoms with Gasteiger partial charge in [0.15, 0.2) is 6.61 Å². The third-order valence-corrected chi connectivity index (χ3v) is 4.39. The van der Waals surface area contributed by atoms with E-state index in [4.69, 9.17) is 27.9 Å². The number of nitrogens with one attached hydrogen (secondary N) is 1. The highest BCUT2D eigenvalue weighted by molar-refractivity contribution is 6.42. The number of ether oxygens (including phenoxy) is 1. The SMILES string of the molecule is CCN(Cc1ccccc1)C(=O)CNC(=O)COc1ccc(Cl)c(Cl)c1. The van der Waals surface area contributed by atoms with Gasteiger partial charge in [-0.25, -0.2) is 0 Å². The summed E-state index contributed by atoms with van der Waals surface area (Å²) in [5.41, 5.74) is 1.04. The van der Waals surface area contributed by atoms with Crippen molar-refractivity contribution in [2.24, 2.45) is 0 Å². The summed E-state index contributed by atoms with van der Waals surface area (Å²) in [6.45, 7) is 2.67. The Morgan fingerprint density at radius 1 is 1.08 bits per heavy atom. The summed E-state index contributed by atoms with van der Waals surface area (Å²) in [6.07, 6.45) is 0. The Morgan fingerprint density at radius 2 is 1.81 bits per heavy atom. The van der Waals surface area contributed by atoms with E-state index in [1.165, 1.54) is 6.07 Å². The fourth-order valence-electron chi connectivity index (χ4n) is 2.23. The third-order valence-electron chi connectivity index (χ3n) is 3.65. The number of hydrogen-bond donors (Lipinski definition) is 1. The molecule has 0 aromatic heterocycles. The largest absolute Gasteiger partial charge is 0.484 e. The van der Waals surface area contributed by atoms with E-state index >= 15 is 0 Å². The smallest absolute Gasteiger partial charge is 0.258 e. The van der Waals surface area contributed by atoms with Gasteiger partial charge in [-0.1, -0.05) is 53.5 Å². The first-order valence-electron chi connectivity index (χ1n) is 8.16. The molecule has 0 unspecified atom stereocenters. The van der Waals surface area contributed by atoms with Gasteiger partial charge in [0.05, 0.1) is 16.6 Å². The maximum atomic E-state index is 12.3. The predicted octanol–water partition coefficient (Wildman–Crippen LogP) is 3.54. The van der Waals surface area contributed by atoms with Crippen molar-refractivity contribution in [1.29, 1.82) is 0 Å². The van der Waals surface area contributed by atoms with Gasteiger partial charge in [0.1, 0.15) is 5.75 Å². The molecule has 0 radical (unpaired) electrons. The minimum absolute atomic E-state index is 0.0791. The van der Waals surface area contributed by atoms with Gasteiger partial charge in [0, 0.05) is 19.2 Å². The highest BCUT2D eigenvalue weighted by Gasteiger charge is 2.13. The van der Waals surface area contributed by atoms with Crippen molar-refractivity contribution in [1.82, 2.24) is 10.2 Å². The number of carbonyl (C=O) groups is 2. The van der Waals surface area contributed by atoms with E-state index < -0.39 is 0 Å². The van der Waals surface area contributed by atoms with Crippen molar-refractivity contribution >= 4 is 35.0 Å². The molecule has 0 saturated heterocycles. The molecule has 7 heteroatoms. The summed E-state index contributed by atoms with van der Waals surface area (Å²) in [5.74, 6) is -0.112. The number of rotatable bonds is 8. The van der Waals surface area contributed by atoms with Gasteiger partial charge in [-0.2, -0.15) is 0 Å². The van der Waals surface area contributed by atoms with Crippen LogP contribution >= 0.6 is 23.2 Å². The van der Waals surface area contributed by atoms with Gasteiger partial charge in [-0.05, 0) is 24.6 Å². The summed E-state index contributed by atoms with van der Waals surface area (Å²) in [5, 5.41) is 3.32. The summed E-state index contributed by atoms with van der Waals surface area (Å²) >= 11 is 11.7. The molecule has 2 aromatic rings. The minimum Gasteiger partial charge on any atom is -0.484 e. The van der Waals surface area contributed by atoms with E-state index in [1.54, 1.807) is 17.0 Å². The Kier molecular flexibility index (Phi) is 7.75. The van der Waals surface area contributed by atoms with Gasteiger partial charge in [-0.3, -0.25) is 9.59 Å². The van der Waals surface area contributed by atoms with E-state index in [0.717, 1.165) is 5.56 Å². The zero-order chi connectivity index (χ0) is 18.9. The van der Waals surface area contributed by atoms with Crippen molar-refractivity contribution in [3.63, 3.8) is 0 Å². The van der Waals surface area contributed by atoms with Crippen LogP contribution in [0.25, 0.3) is 0 Å². The molecule has 2 aromatic carbocycles. The number of hydrogen-bond acceptors (Lipinski definition) is 3. The van der Waals surface area contributed by atoms with Gasteiger partial charge in [-0.15, -0.1) is 0 Å². The standard InChI is InChI=1S/C19H20Cl2N2O3/c1-2-23(12-14-6-4-3-5-7-14)19(25)11-22-18(24)13-26-15-8-9-16(20)17(21)10-15/h3-10H,2,11-13H2,1H3,(H,22,24). The Labute approximate surface area is 162 Å². The molecule has 0 bridgehead atoms. The lowest BCUT2D eigenvalue weighted by molar-refractivity contribution is -0.133. The number of carbonyl (C=O) groups excluding carboxylic acids is 2. The third kappa shape index (κ3) is 6.24. The van der Waals surface area contributed by atoms with Crippen LogP contribution in [0, 0.1) is 0 Å². The van der Waals surface area contributed by atoms with Crippen LogP contribution in [0.5, 0.6) is 5.75 Å². The zero-order valence-corrected chi connectivity index (χ0v) is 15.9.